The Morgan fingerprint density at radius 3 is 3.25 bits per heavy atom. The van der Waals surface area contributed by atoms with Crippen molar-refractivity contribution < 1.29 is 14.8 Å². The molecule has 0 unspecified atom stereocenters. The van der Waals surface area contributed by atoms with Gasteiger partial charge in [-0.2, -0.15) is 0 Å². The summed E-state index contributed by atoms with van der Waals surface area (Å²) < 4.78 is 34.7. The summed E-state index contributed by atoms with van der Waals surface area (Å²) in [4.78, 5) is 12.7. The summed E-state index contributed by atoms with van der Waals surface area (Å²) in [7, 11) is 0. The number of carbonyl (C=O) groups is 1. The van der Waals surface area contributed by atoms with Crippen LogP contribution in [-0.4, -0.2) is 17.1 Å². The number of amides is 1. The van der Waals surface area contributed by atoms with E-state index < -0.39 is 24.7 Å². The predicted octanol–water partition coefficient (Wildman–Crippen LogP) is 2.30. The first-order chi connectivity index (χ1) is 9.34. The summed E-state index contributed by atoms with van der Waals surface area (Å²) in [5, 5.41) is 7.79. The predicted molar refractivity (Wildman–Crippen MR) is 60.3 cm³/mol. The molecule has 0 atom stereocenters. The lowest BCUT2D eigenvalue weighted by Crippen LogP contribution is -2.25. The fraction of sp³-hybridized carbons (Fsp3) is 0.273. The Balaban J connectivity index is 1.73. The van der Waals surface area contributed by atoms with Crippen LogP contribution in [0.15, 0.2) is 28.1 Å². The van der Waals surface area contributed by atoms with Gasteiger partial charge in [-0.1, -0.05) is 11.2 Å². The fourth-order valence-corrected chi connectivity index (χ4v) is 1.91. The molecule has 2 aromatic rings. The minimum Gasteiger partial charge on any atom is -0.355 e. The van der Waals surface area contributed by atoms with Crippen molar-refractivity contribution in [2.75, 3.05) is 0 Å². The van der Waals surface area contributed by atoms with Crippen LogP contribution in [0.25, 0.3) is 10.6 Å². The quantitative estimate of drug-likeness (QED) is 0.892. The Bertz CT molecular complexity index is 639. The van der Waals surface area contributed by atoms with E-state index in [4.69, 9.17) is 10.0 Å². The van der Waals surface area contributed by atoms with E-state index in [1.54, 1.807) is 0 Å². The molecule has 1 amide bonds. The average Bonchev–Trinajstić information content (AvgIpc) is 2.92. The lowest BCUT2D eigenvalue weighted by molar-refractivity contribution is 0.0942. The lowest BCUT2D eigenvalue weighted by atomic mass is 10.3. The number of carbonyl (C=O) groups excluding carboxylic acids is 1. The Hall–Kier alpha value is -1.62. The third-order valence-corrected chi connectivity index (χ3v) is 2.96. The zero-order valence-corrected chi connectivity index (χ0v) is 8.88. The molecule has 82 valence electrons. The molecule has 1 aliphatic rings. The molecule has 0 aromatic carbocycles. The van der Waals surface area contributed by atoms with Crippen LogP contribution in [0.1, 0.15) is 28.7 Å². The molecular weight excluding hydrogens is 224 g/mol. The monoisotopic (exact) mass is 238 g/mol. The van der Waals surface area contributed by atoms with E-state index in [9.17, 15) is 4.79 Å². The molecule has 1 N–H and O–H groups in total. The van der Waals surface area contributed by atoms with E-state index in [1.165, 1.54) is 17.4 Å². The standard InChI is InChI=1S/C11H10N2O2S/c14-11(12-7-3-4-7)8-6-9(15-13-8)10-2-1-5-16-10/h1-2,5-7H,3-4H2,(H,12,14)/i3D2,4D2. The van der Waals surface area contributed by atoms with E-state index in [-0.39, 0.29) is 5.69 Å². The van der Waals surface area contributed by atoms with Gasteiger partial charge < -0.3 is 9.84 Å². The SMILES string of the molecule is [2H]C1([2H])C(NC(=O)c2cc(-c3cccs3)on2)C1([2H])[2H]. The van der Waals surface area contributed by atoms with E-state index in [0.717, 1.165) is 4.88 Å². The van der Waals surface area contributed by atoms with Gasteiger partial charge in [0.2, 0.25) is 0 Å². The van der Waals surface area contributed by atoms with Crippen LogP contribution in [0.2, 0.25) is 0 Å². The molecule has 2 heterocycles. The molecule has 16 heavy (non-hydrogen) atoms. The molecule has 0 bridgehead atoms. The second-order valence-corrected chi connectivity index (χ2v) is 4.20. The van der Waals surface area contributed by atoms with Crippen LogP contribution >= 0.6 is 11.3 Å². The maximum absolute atomic E-state index is 11.9. The highest BCUT2D eigenvalue weighted by Crippen LogP contribution is 2.25. The van der Waals surface area contributed by atoms with Gasteiger partial charge in [0.15, 0.2) is 11.5 Å². The third-order valence-electron chi connectivity index (χ3n) is 2.07. The van der Waals surface area contributed by atoms with Crippen LogP contribution < -0.4 is 5.32 Å². The highest BCUT2D eigenvalue weighted by molar-refractivity contribution is 7.13. The summed E-state index contributed by atoms with van der Waals surface area (Å²) in [6, 6.07) is 3.96. The molecule has 4 nitrogen and oxygen atoms in total. The molecular formula is C11H10N2O2S. The molecule has 0 saturated heterocycles. The zero-order chi connectivity index (χ0) is 14.5. The minimum atomic E-state index is -2.05. The normalized spacial score (nSPS) is 25.0. The zero-order valence-electron chi connectivity index (χ0n) is 12.1. The van der Waals surface area contributed by atoms with Gasteiger partial charge in [-0.15, -0.1) is 11.3 Å². The van der Waals surface area contributed by atoms with Gasteiger partial charge in [0.05, 0.1) is 4.88 Å². The van der Waals surface area contributed by atoms with Crippen molar-refractivity contribution in [2.45, 2.75) is 18.8 Å². The average molecular weight is 238 g/mol. The molecule has 1 fully saturated rings. The number of hydrogen-bond acceptors (Lipinski definition) is 4. The van der Waals surface area contributed by atoms with Crippen LogP contribution in [0, 0.1) is 0 Å². The number of rotatable bonds is 3. The molecule has 0 spiro atoms. The van der Waals surface area contributed by atoms with E-state index in [2.05, 4.69) is 10.5 Å². The molecule has 2 aromatic heterocycles. The van der Waals surface area contributed by atoms with E-state index in [0.29, 0.717) is 5.76 Å². The second kappa shape index (κ2) is 3.75. The van der Waals surface area contributed by atoms with Gasteiger partial charge in [-0.05, 0) is 24.2 Å². The van der Waals surface area contributed by atoms with E-state index in [1.807, 2.05) is 17.5 Å². The lowest BCUT2D eigenvalue weighted by Gasteiger charge is -1.96. The maximum Gasteiger partial charge on any atom is 0.273 e. The fourth-order valence-electron chi connectivity index (χ4n) is 1.24. The molecule has 0 radical (unpaired) electrons. The number of aromatic nitrogens is 1. The molecule has 0 aliphatic heterocycles. The smallest absolute Gasteiger partial charge is 0.273 e. The first-order valence-corrected chi connectivity index (χ1v) is 5.53. The van der Waals surface area contributed by atoms with Crippen LogP contribution in [0.3, 0.4) is 0 Å². The first-order valence-electron chi connectivity index (χ1n) is 6.65. The van der Waals surface area contributed by atoms with Gasteiger partial charge in [-0.3, -0.25) is 4.79 Å². The van der Waals surface area contributed by atoms with Crippen molar-refractivity contribution in [1.82, 2.24) is 10.5 Å². The van der Waals surface area contributed by atoms with Crippen molar-refractivity contribution in [2.24, 2.45) is 0 Å². The van der Waals surface area contributed by atoms with E-state index >= 15 is 0 Å². The maximum atomic E-state index is 11.9. The van der Waals surface area contributed by atoms with Crippen LogP contribution in [0.5, 0.6) is 0 Å². The van der Waals surface area contributed by atoms with Crippen molar-refractivity contribution >= 4 is 17.2 Å². The van der Waals surface area contributed by atoms with Crippen molar-refractivity contribution in [3.63, 3.8) is 0 Å². The van der Waals surface area contributed by atoms with Gasteiger partial charge in [-0.25, -0.2) is 0 Å². The summed E-state index contributed by atoms with van der Waals surface area (Å²) in [6.45, 7) is 0. The molecule has 1 saturated carbocycles. The number of nitrogens with one attached hydrogen (secondary N) is 1. The molecule has 5 heteroatoms. The van der Waals surface area contributed by atoms with Crippen LogP contribution in [-0.2, 0) is 0 Å². The van der Waals surface area contributed by atoms with Crippen molar-refractivity contribution in [1.29, 1.82) is 0 Å². The van der Waals surface area contributed by atoms with Crippen molar-refractivity contribution in [3.05, 3.63) is 29.3 Å². The first kappa shape index (κ1) is 6.20. The Morgan fingerprint density at radius 2 is 2.56 bits per heavy atom. The molecule has 1 aliphatic carbocycles. The van der Waals surface area contributed by atoms with Gasteiger partial charge in [0, 0.05) is 17.6 Å². The minimum absolute atomic E-state index is 0.00639. The summed E-state index contributed by atoms with van der Waals surface area (Å²) in [6.07, 6.45) is -4.11. The number of thiophene rings is 1. The summed E-state index contributed by atoms with van der Waals surface area (Å²) in [5.74, 6) is -0.196. The summed E-state index contributed by atoms with van der Waals surface area (Å²) >= 11 is 1.44. The largest absolute Gasteiger partial charge is 0.355 e. The van der Waals surface area contributed by atoms with Crippen molar-refractivity contribution in [3.8, 4) is 10.6 Å². The highest BCUT2D eigenvalue weighted by Gasteiger charge is 2.25. The Labute approximate surface area is 102 Å². The number of nitrogens with zero attached hydrogens (tertiary/aromatic N) is 1. The van der Waals surface area contributed by atoms with Crippen LogP contribution in [0.4, 0.5) is 0 Å². The highest BCUT2D eigenvalue weighted by atomic mass is 32.1. The van der Waals surface area contributed by atoms with Gasteiger partial charge >= 0.3 is 0 Å². The summed E-state index contributed by atoms with van der Waals surface area (Å²) in [5.41, 5.74) is 0.00639. The second-order valence-electron chi connectivity index (χ2n) is 3.25. The van der Waals surface area contributed by atoms with Gasteiger partial charge in [0.25, 0.3) is 5.91 Å². The Morgan fingerprint density at radius 1 is 1.69 bits per heavy atom. The topological polar surface area (TPSA) is 55.1 Å². The third kappa shape index (κ3) is 1.86. The Kier molecular flexibility index (Phi) is 1.45. The van der Waals surface area contributed by atoms with Gasteiger partial charge in [0.1, 0.15) is 0 Å². The number of hydrogen-bond donors (Lipinski definition) is 1. The molecule has 3 rings (SSSR count).